The van der Waals surface area contributed by atoms with Crippen molar-refractivity contribution < 1.29 is 14.3 Å². The lowest BCUT2D eigenvalue weighted by molar-refractivity contribution is -0.127. The second kappa shape index (κ2) is 7.14. The zero-order valence-electron chi connectivity index (χ0n) is 11.4. The maximum Gasteiger partial charge on any atom is 0.223 e. The fourth-order valence-corrected chi connectivity index (χ4v) is 2.23. The predicted octanol–water partition coefficient (Wildman–Crippen LogP) is 1.78. The van der Waals surface area contributed by atoms with Crippen molar-refractivity contribution in [3.8, 4) is 5.75 Å². The summed E-state index contributed by atoms with van der Waals surface area (Å²) in [5, 5.41) is 3.00. The van der Waals surface area contributed by atoms with Gasteiger partial charge in [-0.15, -0.1) is 0 Å². The molecule has 0 atom stereocenters. The van der Waals surface area contributed by atoms with Gasteiger partial charge >= 0.3 is 0 Å². The minimum absolute atomic E-state index is 0.129. The molecular formula is C15H21NO3. The van der Waals surface area contributed by atoms with Crippen LogP contribution < -0.4 is 10.1 Å². The molecule has 1 N–H and O–H groups in total. The van der Waals surface area contributed by atoms with Crippen molar-refractivity contribution in [2.24, 2.45) is 5.92 Å². The number of carbonyl (C=O) groups is 1. The number of amides is 1. The first-order valence-corrected chi connectivity index (χ1v) is 6.78. The van der Waals surface area contributed by atoms with Gasteiger partial charge in [-0.3, -0.25) is 4.79 Å². The molecule has 1 fully saturated rings. The van der Waals surface area contributed by atoms with E-state index in [0.717, 1.165) is 25.0 Å². The van der Waals surface area contributed by atoms with Crippen molar-refractivity contribution in [1.82, 2.24) is 5.32 Å². The van der Waals surface area contributed by atoms with Gasteiger partial charge in [0.15, 0.2) is 0 Å². The number of hydrogen-bond donors (Lipinski definition) is 1. The maximum absolute atomic E-state index is 11.9. The van der Waals surface area contributed by atoms with E-state index in [2.05, 4.69) is 5.32 Å². The van der Waals surface area contributed by atoms with Gasteiger partial charge in [0.1, 0.15) is 5.75 Å². The molecule has 0 aliphatic carbocycles. The van der Waals surface area contributed by atoms with Crippen molar-refractivity contribution in [1.29, 1.82) is 0 Å². The van der Waals surface area contributed by atoms with Crippen molar-refractivity contribution >= 4 is 5.91 Å². The molecule has 0 spiro atoms. The fourth-order valence-electron chi connectivity index (χ4n) is 2.23. The van der Waals surface area contributed by atoms with Gasteiger partial charge in [0.2, 0.25) is 5.91 Å². The Morgan fingerprint density at radius 3 is 2.63 bits per heavy atom. The number of carbonyl (C=O) groups excluding carboxylic acids is 1. The fraction of sp³-hybridized carbons (Fsp3) is 0.533. The molecule has 19 heavy (non-hydrogen) atoms. The molecule has 0 bridgehead atoms. The van der Waals surface area contributed by atoms with E-state index < -0.39 is 0 Å². The Balaban J connectivity index is 1.71. The third-order valence-electron chi connectivity index (χ3n) is 3.46. The smallest absolute Gasteiger partial charge is 0.223 e. The van der Waals surface area contributed by atoms with Gasteiger partial charge in [-0.25, -0.2) is 0 Å². The molecule has 4 heteroatoms. The van der Waals surface area contributed by atoms with Crippen molar-refractivity contribution in [2.45, 2.75) is 19.3 Å². The minimum Gasteiger partial charge on any atom is -0.497 e. The Morgan fingerprint density at radius 1 is 1.32 bits per heavy atom. The van der Waals surface area contributed by atoms with Crippen LogP contribution in [0.1, 0.15) is 18.4 Å². The first kappa shape index (κ1) is 13.9. The summed E-state index contributed by atoms with van der Waals surface area (Å²) in [6.45, 7) is 2.09. The Hall–Kier alpha value is -1.55. The monoisotopic (exact) mass is 263 g/mol. The average Bonchev–Trinajstić information content (AvgIpc) is 2.49. The highest BCUT2D eigenvalue weighted by Gasteiger charge is 2.20. The lowest BCUT2D eigenvalue weighted by Gasteiger charge is -2.21. The second-order valence-electron chi connectivity index (χ2n) is 4.78. The minimum atomic E-state index is 0.129. The van der Waals surface area contributed by atoms with Crippen LogP contribution in [-0.4, -0.2) is 32.8 Å². The van der Waals surface area contributed by atoms with Crippen molar-refractivity contribution in [2.75, 3.05) is 26.9 Å². The van der Waals surface area contributed by atoms with Crippen LogP contribution in [-0.2, 0) is 16.0 Å². The van der Waals surface area contributed by atoms with Gasteiger partial charge in [0.05, 0.1) is 7.11 Å². The van der Waals surface area contributed by atoms with Gasteiger partial charge in [0, 0.05) is 25.7 Å². The number of ether oxygens (including phenoxy) is 2. The molecule has 1 aromatic carbocycles. The number of benzene rings is 1. The van der Waals surface area contributed by atoms with Gasteiger partial charge in [-0.2, -0.15) is 0 Å². The van der Waals surface area contributed by atoms with Crippen LogP contribution in [0, 0.1) is 5.92 Å². The molecule has 1 heterocycles. The lowest BCUT2D eigenvalue weighted by Crippen LogP contribution is -2.35. The van der Waals surface area contributed by atoms with Crippen LogP contribution >= 0.6 is 0 Å². The Bertz CT molecular complexity index is 396. The number of rotatable bonds is 5. The SMILES string of the molecule is COc1ccc(CCNC(=O)C2CCOCC2)cc1. The highest BCUT2D eigenvalue weighted by atomic mass is 16.5. The van der Waals surface area contributed by atoms with E-state index in [1.807, 2.05) is 24.3 Å². The molecule has 0 unspecified atom stereocenters. The van der Waals surface area contributed by atoms with E-state index in [4.69, 9.17) is 9.47 Å². The summed E-state index contributed by atoms with van der Waals surface area (Å²) in [5.41, 5.74) is 1.20. The van der Waals surface area contributed by atoms with E-state index in [1.54, 1.807) is 7.11 Å². The molecule has 1 aliphatic heterocycles. The first-order chi connectivity index (χ1) is 9.29. The van der Waals surface area contributed by atoms with Crippen LogP contribution in [0.15, 0.2) is 24.3 Å². The maximum atomic E-state index is 11.9. The Kier molecular flexibility index (Phi) is 5.21. The van der Waals surface area contributed by atoms with Gasteiger partial charge < -0.3 is 14.8 Å². The van der Waals surface area contributed by atoms with Gasteiger partial charge in [-0.05, 0) is 37.0 Å². The number of hydrogen-bond acceptors (Lipinski definition) is 3. The van der Waals surface area contributed by atoms with Crippen LogP contribution in [0.2, 0.25) is 0 Å². The molecule has 0 aromatic heterocycles. The molecule has 1 amide bonds. The van der Waals surface area contributed by atoms with Gasteiger partial charge in [-0.1, -0.05) is 12.1 Å². The molecule has 0 saturated carbocycles. The quantitative estimate of drug-likeness (QED) is 0.881. The van der Waals surface area contributed by atoms with E-state index in [-0.39, 0.29) is 11.8 Å². The Labute approximate surface area is 114 Å². The van der Waals surface area contributed by atoms with E-state index in [9.17, 15) is 4.79 Å². The van der Waals surface area contributed by atoms with Crippen molar-refractivity contribution in [3.05, 3.63) is 29.8 Å². The molecule has 104 valence electrons. The molecular weight excluding hydrogens is 242 g/mol. The topological polar surface area (TPSA) is 47.6 Å². The van der Waals surface area contributed by atoms with Crippen molar-refractivity contribution in [3.63, 3.8) is 0 Å². The standard InChI is InChI=1S/C15H21NO3/c1-18-14-4-2-12(3-5-14)6-9-16-15(17)13-7-10-19-11-8-13/h2-5,13H,6-11H2,1H3,(H,16,17). The molecule has 1 aliphatic rings. The van der Waals surface area contributed by atoms with E-state index in [1.165, 1.54) is 5.56 Å². The second-order valence-corrected chi connectivity index (χ2v) is 4.78. The highest BCUT2D eigenvalue weighted by molar-refractivity contribution is 5.78. The largest absolute Gasteiger partial charge is 0.497 e. The Morgan fingerprint density at radius 2 is 2.00 bits per heavy atom. The summed E-state index contributed by atoms with van der Waals surface area (Å²) in [4.78, 5) is 11.9. The number of nitrogens with one attached hydrogen (secondary N) is 1. The summed E-state index contributed by atoms with van der Waals surface area (Å²) in [7, 11) is 1.66. The predicted molar refractivity (Wildman–Crippen MR) is 73.3 cm³/mol. The van der Waals surface area contributed by atoms with Crippen LogP contribution in [0.25, 0.3) is 0 Å². The molecule has 2 rings (SSSR count). The summed E-state index contributed by atoms with van der Waals surface area (Å²) in [6, 6.07) is 7.93. The summed E-state index contributed by atoms with van der Waals surface area (Å²) in [6.07, 6.45) is 2.53. The van der Waals surface area contributed by atoms with Crippen LogP contribution in [0.4, 0.5) is 0 Å². The zero-order chi connectivity index (χ0) is 13.5. The van der Waals surface area contributed by atoms with Gasteiger partial charge in [0.25, 0.3) is 0 Å². The van der Waals surface area contributed by atoms with E-state index in [0.29, 0.717) is 19.8 Å². The van der Waals surface area contributed by atoms with Crippen LogP contribution in [0.3, 0.4) is 0 Å². The summed E-state index contributed by atoms with van der Waals surface area (Å²) < 4.78 is 10.4. The average molecular weight is 263 g/mol. The third kappa shape index (κ3) is 4.24. The zero-order valence-corrected chi connectivity index (χ0v) is 11.4. The summed E-state index contributed by atoms with van der Waals surface area (Å²) >= 11 is 0. The van der Waals surface area contributed by atoms with Crippen LogP contribution in [0.5, 0.6) is 5.75 Å². The highest BCUT2D eigenvalue weighted by Crippen LogP contribution is 2.15. The third-order valence-corrected chi connectivity index (χ3v) is 3.46. The molecule has 4 nitrogen and oxygen atoms in total. The lowest BCUT2D eigenvalue weighted by atomic mass is 9.99. The molecule has 1 aromatic rings. The number of methoxy groups -OCH3 is 1. The normalized spacial score (nSPS) is 16.1. The molecule has 0 radical (unpaired) electrons. The molecule has 1 saturated heterocycles. The first-order valence-electron chi connectivity index (χ1n) is 6.78. The summed E-state index contributed by atoms with van der Waals surface area (Å²) in [5.74, 6) is 1.15. The van der Waals surface area contributed by atoms with E-state index >= 15 is 0 Å².